The molecule has 0 bridgehead atoms. The van der Waals surface area contributed by atoms with Crippen LogP contribution in [0, 0.1) is 13.8 Å². The molecule has 4 nitrogen and oxygen atoms in total. The van der Waals surface area contributed by atoms with Crippen LogP contribution in [0.15, 0.2) is 133 Å². The normalized spacial score (nSPS) is 10.5. The Balaban J connectivity index is 0.000000148. The van der Waals surface area contributed by atoms with Gasteiger partial charge in [-0.2, -0.15) is 10.2 Å². The van der Waals surface area contributed by atoms with Crippen LogP contribution in [0.1, 0.15) is 11.4 Å². The van der Waals surface area contributed by atoms with Crippen LogP contribution in [0.4, 0.5) is 0 Å². The SMILES string of the molecule is Cc1cc(-c2ccccc2)n(-c2ccccc2)n1.Cc1cc(-c2ccccc2)nn1-c1ccccc1. The maximum Gasteiger partial charge on any atom is 0.0930 e. The molecule has 4 heteroatoms. The van der Waals surface area contributed by atoms with E-state index in [1.165, 1.54) is 5.56 Å². The summed E-state index contributed by atoms with van der Waals surface area (Å²) in [5, 5.41) is 9.24. The first-order valence-electron chi connectivity index (χ1n) is 12.0. The summed E-state index contributed by atoms with van der Waals surface area (Å²) in [7, 11) is 0. The Morgan fingerprint density at radius 3 is 1.50 bits per heavy atom. The minimum atomic E-state index is 1.01. The minimum Gasteiger partial charge on any atom is -0.237 e. The van der Waals surface area contributed by atoms with E-state index in [1.807, 2.05) is 89.1 Å². The van der Waals surface area contributed by atoms with Gasteiger partial charge < -0.3 is 0 Å². The van der Waals surface area contributed by atoms with Crippen molar-refractivity contribution >= 4 is 0 Å². The summed E-state index contributed by atoms with van der Waals surface area (Å²) in [6.45, 7) is 4.10. The Bertz CT molecular complexity index is 1460. The fraction of sp³-hybridized carbons (Fsp3) is 0.0625. The lowest BCUT2D eigenvalue weighted by atomic mass is 10.1. The van der Waals surface area contributed by atoms with Gasteiger partial charge in [0.1, 0.15) is 0 Å². The highest BCUT2D eigenvalue weighted by Crippen LogP contribution is 2.23. The molecule has 0 spiro atoms. The van der Waals surface area contributed by atoms with Crippen molar-refractivity contribution < 1.29 is 0 Å². The van der Waals surface area contributed by atoms with Crippen molar-refractivity contribution in [3.8, 4) is 33.9 Å². The first-order valence-corrected chi connectivity index (χ1v) is 12.0. The molecule has 2 heterocycles. The molecular weight excluding hydrogens is 440 g/mol. The molecule has 0 fully saturated rings. The van der Waals surface area contributed by atoms with Crippen LogP contribution < -0.4 is 0 Å². The van der Waals surface area contributed by atoms with Crippen molar-refractivity contribution in [2.45, 2.75) is 13.8 Å². The Morgan fingerprint density at radius 1 is 0.472 bits per heavy atom. The fourth-order valence-corrected chi connectivity index (χ4v) is 4.14. The van der Waals surface area contributed by atoms with E-state index in [2.05, 4.69) is 77.8 Å². The van der Waals surface area contributed by atoms with E-state index in [-0.39, 0.29) is 0 Å². The van der Waals surface area contributed by atoms with Crippen molar-refractivity contribution in [2.75, 3.05) is 0 Å². The molecule has 0 unspecified atom stereocenters. The van der Waals surface area contributed by atoms with Gasteiger partial charge in [0.15, 0.2) is 0 Å². The van der Waals surface area contributed by atoms with E-state index >= 15 is 0 Å². The van der Waals surface area contributed by atoms with Crippen LogP contribution in [0.2, 0.25) is 0 Å². The Hall–Kier alpha value is -4.70. The molecule has 0 atom stereocenters. The summed E-state index contributed by atoms with van der Waals surface area (Å²) < 4.78 is 3.97. The molecule has 6 aromatic rings. The minimum absolute atomic E-state index is 1.01. The molecule has 0 aliphatic rings. The molecule has 0 aliphatic carbocycles. The van der Waals surface area contributed by atoms with Crippen LogP contribution in [0.5, 0.6) is 0 Å². The number of hydrogen-bond donors (Lipinski definition) is 0. The lowest BCUT2D eigenvalue weighted by Crippen LogP contribution is -1.98. The highest BCUT2D eigenvalue weighted by Gasteiger charge is 2.09. The topological polar surface area (TPSA) is 35.6 Å². The molecule has 176 valence electrons. The van der Waals surface area contributed by atoms with Crippen molar-refractivity contribution in [3.63, 3.8) is 0 Å². The lowest BCUT2D eigenvalue weighted by Gasteiger charge is -2.07. The molecule has 2 aromatic heterocycles. The second-order valence-corrected chi connectivity index (χ2v) is 8.57. The molecule has 0 saturated carbocycles. The van der Waals surface area contributed by atoms with Gasteiger partial charge in [0.25, 0.3) is 0 Å². The van der Waals surface area contributed by atoms with Gasteiger partial charge in [-0.3, -0.25) is 0 Å². The van der Waals surface area contributed by atoms with E-state index in [4.69, 9.17) is 0 Å². The molecule has 6 rings (SSSR count). The van der Waals surface area contributed by atoms with Gasteiger partial charge >= 0.3 is 0 Å². The van der Waals surface area contributed by atoms with Crippen LogP contribution in [-0.4, -0.2) is 19.6 Å². The van der Waals surface area contributed by atoms with Gasteiger partial charge in [-0.25, -0.2) is 9.36 Å². The zero-order chi connectivity index (χ0) is 24.7. The van der Waals surface area contributed by atoms with Crippen LogP contribution in [-0.2, 0) is 0 Å². The smallest absolute Gasteiger partial charge is 0.0930 e. The first-order chi connectivity index (χ1) is 17.7. The number of aryl methyl sites for hydroxylation is 2. The van der Waals surface area contributed by atoms with E-state index in [9.17, 15) is 0 Å². The Labute approximate surface area is 212 Å². The second kappa shape index (κ2) is 10.7. The van der Waals surface area contributed by atoms with E-state index in [1.54, 1.807) is 0 Å². The first kappa shape index (κ1) is 23.1. The molecule has 0 saturated heterocycles. The quantitative estimate of drug-likeness (QED) is 0.266. The Morgan fingerprint density at radius 2 is 0.944 bits per heavy atom. The molecular formula is C32H28N4. The number of para-hydroxylation sites is 2. The molecule has 0 aliphatic heterocycles. The van der Waals surface area contributed by atoms with Crippen molar-refractivity contribution in [1.29, 1.82) is 0 Å². The van der Waals surface area contributed by atoms with Crippen molar-refractivity contribution in [3.05, 3.63) is 145 Å². The van der Waals surface area contributed by atoms with Crippen LogP contribution in [0.3, 0.4) is 0 Å². The maximum atomic E-state index is 4.67. The average Bonchev–Trinajstić information content (AvgIpc) is 3.54. The van der Waals surface area contributed by atoms with Crippen LogP contribution >= 0.6 is 0 Å². The third-order valence-electron chi connectivity index (χ3n) is 5.86. The summed E-state index contributed by atoms with van der Waals surface area (Å²) in [4.78, 5) is 0. The number of benzene rings is 4. The van der Waals surface area contributed by atoms with Crippen molar-refractivity contribution in [1.82, 2.24) is 19.6 Å². The van der Waals surface area contributed by atoms with Gasteiger partial charge in [0.2, 0.25) is 0 Å². The summed E-state index contributed by atoms with van der Waals surface area (Å²) in [5.41, 5.74) is 8.81. The lowest BCUT2D eigenvalue weighted by molar-refractivity contribution is 0.850. The van der Waals surface area contributed by atoms with E-state index < -0.39 is 0 Å². The summed E-state index contributed by atoms with van der Waals surface area (Å²) in [5.74, 6) is 0. The highest BCUT2D eigenvalue weighted by molar-refractivity contribution is 5.62. The molecule has 0 N–H and O–H groups in total. The third kappa shape index (κ3) is 5.18. The molecule has 0 radical (unpaired) electrons. The maximum absolute atomic E-state index is 4.67. The zero-order valence-corrected chi connectivity index (χ0v) is 20.5. The van der Waals surface area contributed by atoms with Gasteiger partial charge in [-0.15, -0.1) is 0 Å². The summed E-state index contributed by atoms with van der Waals surface area (Å²) >= 11 is 0. The standard InChI is InChI=1S/2C16H14N2/c1-13-12-16(14-8-4-2-5-9-14)17-18(13)15-10-6-3-7-11-15;1-13-12-16(14-8-4-2-5-9-14)18(17-13)15-10-6-3-7-11-15/h2*2-12H,1H3. The van der Waals surface area contributed by atoms with Gasteiger partial charge in [-0.05, 0) is 50.2 Å². The molecule has 36 heavy (non-hydrogen) atoms. The third-order valence-corrected chi connectivity index (χ3v) is 5.86. The van der Waals surface area contributed by atoms with Crippen LogP contribution in [0.25, 0.3) is 33.9 Å². The van der Waals surface area contributed by atoms with Gasteiger partial charge in [0.05, 0.1) is 28.5 Å². The number of hydrogen-bond acceptors (Lipinski definition) is 2. The monoisotopic (exact) mass is 468 g/mol. The van der Waals surface area contributed by atoms with E-state index in [0.717, 1.165) is 39.7 Å². The van der Waals surface area contributed by atoms with Gasteiger partial charge in [-0.1, -0.05) is 97.1 Å². The van der Waals surface area contributed by atoms with E-state index in [0.29, 0.717) is 0 Å². The van der Waals surface area contributed by atoms with Gasteiger partial charge in [0, 0.05) is 16.8 Å². The molecule has 0 amide bonds. The number of aromatic nitrogens is 4. The summed E-state index contributed by atoms with van der Waals surface area (Å²) in [6, 6.07) is 45.2. The summed E-state index contributed by atoms with van der Waals surface area (Å²) in [6.07, 6.45) is 0. The second-order valence-electron chi connectivity index (χ2n) is 8.57. The fourth-order valence-electron chi connectivity index (χ4n) is 4.14. The largest absolute Gasteiger partial charge is 0.237 e. The number of nitrogens with zero attached hydrogens (tertiary/aromatic N) is 4. The predicted octanol–water partition coefficient (Wildman–Crippen LogP) is 7.70. The average molecular weight is 469 g/mol. The predicted molar refractivity (Wildman–Crippen MR) is 147 cm³/mol. The highest BCUT2D eigenvalue weighted by atomic mass is 15.3. The van der Waals surface area contributed by atoms with Crippen molar-refractivity contribution in [2.24, 2.45) is 0 Å². The zero-order valence-electron chi connectivity index (χ0n) is 20.5. The Kier molecular flexibility index (Phi) is 6.86. The molecule has 4 aromatic carbocycles. The number of rotatable bonds is 4.